The van der Waals surface area contributed by atoms with E-state index >= 15 is 0 Å². The van der Waals surface area contributed by atoms with Gasteiger partial charge in [-0.05, 0) is 30.3 Å². The second-order valence-electron chi connectivity index (χ2n) is 5.30. The number of ether oxygens (including phenoxy) is 1. The number of hydrogen-bond acceptors (Lipinski definition) is 6. The van der Waals surface area contributed by atoms with Crippen molar-refractivity contribution in [2.75, 3.05) is 17.2 Å². The highest BCUT2D eigenvalue weighted by Crippen LogP contribution is 2.21. The molecule has 0 aliphatic heterocycles. The summed E-state index contributed by atoms with van der Waals surface area (Å²) in [4.78, 5) is 44.6. The molecule has 9 nitrogen and oxygen atoms in total. The van der Waals surface area contributed by atoms with E-state index in [1.165, 1.54) is 31.2 Å². The molecule has 2 N–H and O–H groups in total. The third-order valence-electron chi connectivity index (χ3n) is 3.21. The number of rotatable bonds is 6. The molecule has 0 spiro atoms. The van der Waals surface area contributed by atoms with Crippen LogP contribution >= 0.6 is 0 Å². The lowest BCUT2D eigenvalue weighted by Crippen LogP contribution is -2.21. The number of anilines is 2. The zero-order chi connectivity index (χ0) is 20.0. The summed E-state index contributed by atoms with van der Waals surface area (Å²) in [6.45, 7) is 0.624. The van der Waals surface area contributed by atoms with Gasteiger partial charge in [-0.25, -0.2) is 9.18 Å². The Hall–Kier alpha value is -3.82. The smallest absolute Gasteiger partial charge is 0.338 e. The first kappa shape index (κ1) is 19.5. The first-order valence-corrected chi connectivity index (χ1v) is 7.55. The van der Waals surface area contributed by atoms with Gasteiger partial charge in [0.05, 0.1) is 16.2 Å². The van der Waals surface area contributed by atoms with Gasteiger partial charge in [0.15, 0.2) is 6.61 Å². The lowest BCUT2D eigenvalue weighted by Gasteiger charge is -2.08. The van der Waals surface area contributed by atoms with Crippen molar-refractivity contribution in [1.29, 1.82) is 0 Å². The van der Waals surface area contributed by atoms with Crippen LogP contribution in [0.15, 0.2) is 42.5 Å². The summed E-state index contributed by atoms with van der Waals surface area (Å²) in [5.74, 6) is -2.80. The van der Waals surface area contributed by atoms with Crippen LogP contribution in [0.4, 0.5) is 21.5 Å². The maximum absolute atomic E-state index is 13.6. The number of nitrogens with zero attached hydrogens (tertiary/aromatic N) is 1. The standard InChI is InChI=1S/C17H14FN3O6/c1-10(22)19-12-4-2-11(3-5-12)17(24)27-9-16(23)20-15-8-13(21(25)26)6-7-14(15)18/h2-8H,9H2,1H3,(H,19,22)(H,20,23). The van der Waals surface area contributed by atoms with Crippen LogP contribution in [-0.2, 0) is 14.3 Å². The third-order valence-corrected chi connectivity index (χ3v) is 3.21. The Labute approximate surface area is 152 Å². The summed E-state index contributed by atoms with van der Waals surface area (Å²) in [5.41, 5.74) is -0.177. The molecule has 0 aliphatic carbocycles. The van der Waals surface area contributed by atoms with Gasteiger partial charge in [-0.1, -0.05) is 0 Å². The van der Waals surface area contributed by atoms with Crippen molar-refractivity contribution in [3.05, 3.63) is 64.0 Å². The normalized spacial score (nSPS) is 10.0. The number of nitro groups is 1. The Morgan fingerprint density at radius 2 is 1.78 bits per heavy atom. The highest BCUT2D eigenvalue weighted by Gasteiger charge is 2.15. The number of amides is 2. The summed E-state index contributed by atoms with van der Waals surface area (Å²) in [6.07, 6.45) is 0. The predicted octanol–water partition coefficient (Wildman–Crippen LogP) is 2.49. The first-order chi connectivity index (χ1) is 12.8. The molecule has 10 heteroatoms. The molecule has 140 valence electrons. The zero-order valence-electron chi connectivity index (χ0n) is 14.0. The highest BCUT2D eigenvalue weighted by atomic mass is 19.1. The largest absolute Gasteiger partial charge is 0.452 e. The van der Waals surface area contributed by atoms with E-state index in [9.17, 15) is 28.9 Å². The van der Waals surface area contributed by atoms with E-state index in [-0.39, 0.29) is 11.5 Å². The SMILES string of the molecule is CC(=O)Nc1ccc(C(=O)OCC(=O)Nc2cc([N+](=O)[O-])ccc2F)cc1. The highest BCUT2D eigenvalue weighted by molar-refractivity contribution is 5.96. The monoisotopic (exact) mass is 375 g/mol. The van der Waals surface area contributed by atoms with Crippen molar-refractivity contribution in [3.63, 3.8) is 0 Å². The van der Waals surface area contributed by atoms with E-state index in [4.69, 9.17) is 4.74 Å². The minimum absolute atomic E-state index is 0.137. The fourth-order valence-corrected chi connectivity index (χ4v) is 2.02. The zero-order valence-corrected chi connectivity index (χ0v) is 14.0. The van der Waals surface area contributed by atoms with Gasteiger partial charge < -0.3 is 15.4 Å². The average Bonchev–Trinajstić information content (AvgIpc) is 2.61. The number of nitrogens with one attached hydrogen (secondary N) is 2. The summed E-state index contributed by atoms with van der Waals surface area (Å²) in [6, 6.07) is 8.41. The molecule has 0 heterocycles. The number of hydrogen-bond donors (Lipinski definition) is 2. The second kappa shape index (κ2) is 8.52. The van der Waals surface area contributed by atoms with Gasteiger partial charge >= 0.3 is 5.97 Å². The fraction of sp³-hybridized carbons (Fsp3) is 0.118. The van der Waals surface area contributed by atoms with Crippen molar-refractivity contribution in [3.8, 4) is 0 Å². The minimum atomic E-state index is -0.867. The molecule has 2 rings (SSSR count). The van der Waals surface area contributed by atoms with Crippen LogP contribution in [0, 0.1) is 15.9 Å². The Balaban J connectivity index is 1.93. The van der Waals surface area contributed by atoms with Crippen LogP contribution in [0.2, 0.25) is 0 Å². The van der Waals surface area contributed by atoms with Gasteiger partial charge in [-0.2, -0.15) is 0 Å². The van der Waals surface area contributed by atoms with Crippen LogP contribution < -0.4 is 10.6 Å². The van der Waals surface area contributed by atoms with Gasteiger partial charge in [-0.3, -0.25) is 19.7 Å². The number of halogens is 1. The number of carbonyl (C=O) groups is 3. The summed E-state index contributed by atoms with van der Waals surface area (Å²) in [5, 5.41) is 15.3. The van der Waals surface area contributed by atoms with E-state index in [0.717, 1.165) is 18.2 Å². The van der Waals surface area contributed by atoms with Crippen molar-refractivity contribution in [2.24, 2.45) is 0 Å². The number of esters is 1. The third kappa shape index (κ3) is 5.59. The molecule has 27 heavy (non-hydrogen) atoms. The van der Waals surface area contributed by atoms with E-state index < -0.39 is 40.6 Å². The number of carbonyl (C=O) groups excluding carboxylic acids is 3. The van der Waals surface area contributed by atoms with Gasteiger partial charge in [-0.15, -0.1) is 0 Å². The molecule has 2 aromatic rings. The van der Waals surface area contributed by atoms with Crippen molar-refractivity contribution in [2.45, 2.75) is 6.92 Å². The van der Waals surface area contributed by atoms with E-state index in [2.05, 4.69) is 10.6 Å². The van der Waals surface area contributed by atoms with Gasteiger partial charge in [0, 0.05) is 24.7 Å². The van der Waals surface area contributed by atoms with Crippen molar-refractivity contribution >= 4 is 34.8 Å². The summed E-state index contributed by atoms with van der Waals surface area (Å²) < 4.78 is 18.4. The Morgan fingerprint density at radius 1 is 1.11 bits per heavy atom. The van der Waals surface area contributed by atoms with Crippen molar-refractivity contribution < 1.29 is 28.4 Å². The molecule has 0 atom stereocenters. The number of benzene rings is 2. The van der Waals surface area contributed by atoms with E-state index in [0.29, 0.717) is 5.69 Å². The molecule has 0 aliphatic rings. The van der Waals surface area contributed by atoms with Crippen LogP contribution in [0.3, 0.4) is 0 Å². The topological polar surface area (TPSA) is 128 Å². The molecule has 0 bridgehead atoms. The lowest BCUT2D eigenvalue weighted by molar-refractivity contribution is -0.384. The Kier molecular flexibility index (Phi) is 6.15. The fourth-order valence-electron chi connectivity index (χ4n) is 2.02. The molecule has 0 saturated carbocycles. The molecular weight excluding hydrogens is 361 g/mol. The predicted molar refractivity (Wildman–Crippen MR) is 92.7 cm³/mol. The molecular formula is C17H14FN3O6. The quantitative estimate of drug-likeness (QED) is 0.454. The average molecular weight is 375 g/mol. The van der Waals surface area contributed by atoms with Gasteiger partial charge in [0.1, 0.15) is 5.82 Å². The lowest BCUT2D eigenvalue weighted by atomic mass is 10.2. The summed E-state index contributed by atoms with van der Waals surface area (Å²) >= 11 is 0. The molecule has 2 amide bonds. The molecule has 0 radical (unpaired) electrons. The van der Waals surface area contributed by atoms with Crippen molar-refractivity contribution in [1.82, 2.24) is 0 Å². The molecule has 0 aromatic heterocycles. The van der Waals surface area contributed by atoms with Crippen LogP contribution in [-0.4, -0.2) is 29.3 Å². The first-order valence-electron chi connectivity index (χ1n) is 7.55. The second-order valence-corrected chi connectivity index (χ2v) is 5.30. The van der Waals surface area contributed by atoms with E-state index in [1.807, 2.05) is 0 Å². The summed E-state index contributed by atoms with van der Waals surface area (Å²) in [7, 11) is 0. The minimum Gasteiger partial charge on any atom is -0.452 e. The molecule has 0 fully saturated rings. The maximum Gasteiger partial charge on any atom is 0.338 e. The van der Waals surface area contributed by atoms with Gasteiger partial charge in [0.25, 0.3) is 11.6 Å². The molecule has 0 unspecified atom stereocenters. The Bertz CT molecular complexity index is 898. The maximum atomic E-state index is 13.6. The van der Waals surface area contributed by atoms with Crippen LogP contribution in [0.25, 0.3) is 0 Å². The van der Waals surface area contributed by atoms with Crippen LogP contribution in [0.1, 0.15) is 17.3 Å². The molecule has 0 saturated heterocycles. The Morgan fingerprint density at radius 3 is 2.37 bits per heavy atom. The number of non-ortho nitro benzene ring substituents is 1. The molecule has 2 aromatic carbocycles. The van der Waals surface area contributed by atoms with E-state index in [1.54, 1.807) is 0 Å². The van der Waals surface area contributed by atoms with Gasteiger partial charge in [0.2, 0.25) is 5.91 Å². The number of nitro benzene ring substituents is 1. The van der Waals surface area contributed by atoms with Crippen LogP contribution in [0.5, 0.6) is 0 Å².